The molecule has 6 nitrogen and oxygen atoms in total. The molecular weight excluding hydrogens is 454 g/mol. The lowest BCUT2D eigenvalue weighted by Crippen LogP contribution is -2.39. The summed E-state index contributed by atoms with van der Waals surface area (Å²) in [4.78, 5) is 29.0. The Morgan fingerprint density at radius 3 is 2.50 bits per heavy atom. The molecule has 6 heteroatoms. The number of ether oxygens (including phenoxy) is 3. The van der Waals surface area contributed by atoms with Gasteiger partial charge in [-0.3, -0.25) is 9.59 Å². The van der Waals surface area contributed by atoms with Gasteiger partial charge >= 0.3 is 0 Å². The molecule has 0 spiro atoms. The first kappa shape index (κ1) is 24.6. The van der Waals surface area contributed by atoms with E-state index in [1.165, 1.54) is 0 Å². The Kier molecular flexibility index (Phi) is 7.42. The zero-order chi connectivity index (χ0) is 25.1. The molecule has 0 aromatic heterocycles. The molecule has 0 N–H and O–H groups in total. The summed E-state index contributed by atoms with van der Waals surface area (Å²) in [6.07, 6.45) is 4.39. The highest BCUT2D eigenvalue weighted by molar-refractivity contribution is 6.11. The van der Waals surface area contributed by atoms with E-state index in [0.717, 1.165) is 42.6 Å². The zero-order valence-electron chi connectivity index (χ0n) is 21.2. The number of hydrogen-bond acceptors (Lipinski definition) is 5. The number of fused-ring (bicyclic) bond motifs is 1. The maximum Gasteiger partial charge on any atom is 0.290 e. The van der Waals surface area contributed by atoms with Gasteiger partial charge in [-0.1, -0.05) is 48.9 Å². The van der Waals surface area contributed by atoms with Crippen LogP contribution in [0.5, 0.6) is 5.75 Å². The molecule has 36 heavy (non-hydrogen) atoms. The van der Waals surface area contributed by atoms with E-state index in [2.05, 4.69) is 0 Å². The number of rotatable bonds is 9. The smallest absolute Gasteiger partial charge is 0.290 e. The van der Waals surface area contributed by atoms with Gasteiger partial charge in [0, 0.05) is 13.2 Å². The van der Waals surface area contributed by atoms with E-state index in [1.54, 1.807) is 4.90 Å². The second-order valence-corrected chi connectivity index (χ2v) is 10.2. The minimum Gasteiger partial charge on any atom is -0.489 e. The summed E-state index contributed by atoms with van der Waals surface area (Å²) < 4.78 is 17.9. The monoisotopic (exact) mass is 489 g/mol. The van der Waals surface area contributed by atoms with Crippen molar-refractivity contribution in [1.29, 1.82) is 0 Å². The first-order chi connectivity index (χ1) is 17.5. The fourth-order valence-corrected chi connectivity index (χ4v) is 5.51. The van der Waals surface area contributed by atoms with Crippen molar-refractivity contribution in [1.82, 2.24) is 4.90 Å². The van der Waals surface area contributed by atoms with Crippen LogP contribution in [0.3, 0.4) is 0 Å². The maximum absolute atomic E-state index is 13.7. The average Bonchev–Trinajstić information content (AvgIpc) is 3.18. The summed E-state index contributed by atoms with van der Waals surface area (Å²) >= 11 is 0. The van der Waals surface area contributed by atoms with E-state index in [4.69, 9.17) is 14.2 Å². The first-order valence-electron chi connectivity index (χ1n) is 13.2. The number of nitrogens with zero attached hydrogens (tertiary/aromatic N) is 1. The number of ketones is 1. The Bertz CT molecular complexity index is 1110. The number of Topliss-reactive ketones (excluding diaryl/α,β-unsaturated/α-hetero) is 1. The third kappa shape index (κ3) is 5.05. The summed E-state index contributed by atoms with van der Waals surface area (Å²) in [6, 6.07) is 17.3. The van der Waals surface area contributed by atoms with Gasteiger partial charge in [0.25, 0.3) is 5.91 Å². The van der Waals surface area contributed by atoms with E-state index in [-0.39, 0.29) is 35.6 Å². The average molecular weight is 490 g/mol. The Labute approximate surface area is 213 Å². The molecule has 0 radical (unpaired) electrons. The van der Waals surface area contributed by atoms with E-state index in [9.17, 15) is 9.59 Å². The highest BCUT2D eigenvalue weighted by atomic mass is 16.5. The standard InChI is InChI=1S/C30H35NO5/c1-20(2)34-18-8-17-31-27(22-13-15-23(16-14-22)35-19-21-9-4-3-5-10-21)26-28(32)24-11-6-7-12-25(24)36-29(26)30(31)33/h3-5,9-10,13-16,20,24-25,27H,6-8,11-12,17-19H2,1-2H3. The Balaban J connectivity index is 1.38. The van der Waals surface area contributed by atoms with Crippen molar-refractivity contribution >= 4 is 11.7 Å². The topological polar surface area (TPSA) is 65.1 Å². The van der Waals surface area contributed by atoms with Crippen LogP contribution in [0.1, 0.15) is 63.1 Å². The molecule has 3 atom stereocenters. The summed E-state index contributed by atoms with van der Waals surface area (Å²) in [6.45, 7) is 5.54. The molecule has 2 aromatic carbocycles. The van der Waals surface area contributed by atoms with Gasteiger partial charge in [-0.2, -0.15) is 0 Å². The summed E-state index contributed by atoms with van der Waals surface area (Å²) in [5, 5.41) is 0. The molecule has 2 heterocycles. The first-order valence-corrected chi connectivity index (χ1v) is 13.2. The van der Waals surface area contributed by atoms with Crippen LogP contribution in [0.25, 0.3) is 0 Å². The number of carbonyl (C=O) groups is 2. The Morgan fingerprint density at radius 1 is 1.00 bits per heavy atom. The van der Waals surface area contributed by atoms with Crippen LogP contribution in [-0.2, 0) is 25.7 Å². The van der Waals surface area contributed by atoms with Crippen molar-refractivity contribution < 1.29 is 23.8 Å². The zero-order valence-corrected chi connectivity index (χ0v) is 21.2. The van der Waals surface area contributed by atoms with Gasteiger partial charge in [0.2, 0.25) is 0 Å². The summed E-state index contributed by atoms with van der Waals surface area (Å²) in [5.74, 6) is 0.773. The van der Waals surface area contributed by atoms with Crippen LogP contribution in [-0.4, -0.2) is 41.9 Å². The van der Waals surface area contributed by atoms with Gasteiger partial charge < -0.3 is 19.1 Å². The van der Waals surface area contributed by atoms with Crippen LogP contribution in [0, 0.1) is 5.92 Å². The van der Waals surface area contributed by atoms with Crippen LogP contribution in [0.15, 0.2) is 65.9 Å². The van der Waals surface area contributed by atoms with Crippen molar-refractivity contribution in [2.24, 2.45) is 5.92 Å². The molecule has 1 aliphatic carbocycles. The highest BCUT2D eigenvalue weighted by Gasteiger charge is 2.51. The van der Waals surface area contributed by atoms with E-state index < -0.39 is 6.04 Å². The van der Waals surface area contributed by atoms with E-state index in [0.29, 0.717) is 31.8 Å². The molecular formula is C30H35NO5. The quantitative estimate of drug-likeness (QED) is 0.443. The van der Waals surface area contributed by atoms with Crippen LogP contribution in [0.2, 0.25) is 0 Å². The van der Waals surface area contributed by atoms with Gasteiger partial charge in [0.1, 0.15) is 18.5 Å². The lowest BCUT2D eigenvalue weighted by Gasteiger charge is -2.35. The van der Waals surface area contributed by atoms with Gasteiger partial charge in [0.15, 0.2) is 11.5 Å². The van der Waals surface area contributed by atoms with Gasteiger partial charge in [0.05, 0.1) is 23.6 Å². The Hall–Kier alpha value is -3.12. The van der Waals surface area contributed by atoms with E-state index in [1.807, 2.05) is 68.4 Å². The highest BCUT2D eigenvalue weighted by Crippen LogP contribution is 2.46. The Morgan fingerprint density at radius 2 is 1.75 bits per heavy atom. The maximum atomic E-state index is 13.7. The molecule has 1 amide bonds. The van der Waals surface area contributed by atoms with Crippen molar-refractivity contribution in [3.8, 4) is 5.75 Å². The van der Waals surface area contributed by atoms with Gasteiger partial charge in [-0.05, 0) is 62.8 Å². The molecule has 3 unspecified atom stereocenters. The number of amides is 1. The number of benzene rings is 2. The molecule has 5 rings (SSSR count). The largest absolute Gasteiger partial charge is 0.489 e. The van der Waals surface area contributed by atoms with Crippen molar-refractivity contribution in [3.63, 3.8) is 0 Å². The number of hydrogen-bond donors (Lipinski definition) is 0. The molecule has 190 valence electrons. The van der Waals surface area contributed by atoms with Gasteiger partial charge in [-0.25, -0.2) is 0 Å². The third-order valence-corrected chi connectivity index (χ3v) is 7.30. The SMILES string of the molecule is CC(C)OCCCN1C(=O)C2=C(C(=O)C3CCCCC3O2)C1c1ccc(OCc2ccccc2)cc1. The molecule has 0 saturated heterocycles. The lowest BCUT2D eigenvalue weighted by atomic mass is 9.77. The normalized spacial score (nSPS) is 23.5. The molecule has 1 saturated carbocycles. The van der Waals surface area contributed by atoms with Crippen LogP contribution < -0.4 is 4.74 Å². The minimum atomic E-state index is -0.440. The third-order valence-electron chi connectivity index (χ3n) is 7.30. The molecule has 1 fully saturated rings. The van der Waals surface area contributed by atoms with Crippen LogP contribution in [0.4, 0.5) is 0 Å². The van der Waals surface area contributed by atoms with Gasteiger partial charge in [-0.15, -0.1) is 0 Å². The second-order valence-electron chi connectivity index (χ2n) is 10.2. The molecule has 2 aromatic rings. The molecule has 2 aliphatic heterocycles. The fourth-order valence-electron chi connectivity index (χ4n) is 5.51. The van der Waals surface area contributed by atoms with E-state index >= 15 is 0 Å². The predicted molar refractivity (Wildman–Crippen MR) is 136 cm³/mol. The minimum absolute atomic E-state index is 0.0876. The molecule has 3 aliphatic rings. The summed E-state index contributed by atoms with van der Waals surface area (Å²) in [7, 11) is 0. The summed E-state index contributed by atoms with van der Waals surface area (Å²) in [5.41, 5.74) is 2.53. The predicted octanol–water partition coefficient (Wildman–Crippen LogP) is 5.38. The van der Waals surface area contributed by atoms with Crippen molar-refractivity contribution in [2.45, 2.75) is 70.8 Å². The lowest BCUT2D eigenvalue weighted by molar-refractivity contribution is -0.135. The number of carbonyl (C=O) groups excluding carboxylic acids is 2. The molecule has 0 bridgehead atoms. The van der Waals surface area contributed by atoms with Crippen molar-refractivity contribution in [3.05, 3.63) is 77.1 Å². The van der Waals surface area contributed by atoms with Crippen molar-refractivity contribution in [2.75, 3.05) is 13.2 Å². The fraction of sp³-hybridized carbons (Fsp3) is 0.467. The second kappa shape index (κ2) is 10.9. The van der Waals surface area contributed by atoms with Crippen LogP contribution >= 0.6 is 0 Å².